The van der Waals surface area contributed by atoms with Crippen LogP contribution < -0.4 is 10.2 Å². The summed E-state index contributed by atoms with van der Waals surface area (Å²) in [4.78, 5) is 14.4. The first-order chi connectivity index (χ1) is 13.6. The predicted octanol–water partition coefficient (Wildman–Crippen LogP) is 6.90. The normalized spacial score (nSPS) is 10.5. The van der Waals surface area contributed by atoms with Crippen LogP contribution in [0.2, 0.25) is 0 Å². The molecule has 3 heteroatoms. The quantitative estimate of drug-likeness (QED) is 0.489. The number of hydrogen-bond acceptors (Lipinski definition) is 2. The van der Waals surface area contributed by atoms with Crippen molar-refractivity contribution in [3.05, 3.63) is 83.9 Å². The summed E-state index contributed by atoms with van der Waals surface area (Å²) in [7, 11) is 0. The molecule has 0 unspecified atom stereocenters. The minimum atomic E-state index is 0.0659. The zero-order chi connectivity index (χ0) is 19.9. The minimum absolute atomic E-state index is 0.0659. The highest BCUT2D eigenvalue weighted by Gasteiger charge is 2.13. The second-order valence-electron chi connectivity index (χ2n) is 7.21. The van der Waals surface area contributed by atoms with Crippen LogP contribution in [-0.4, -0.2) is 5.91 Å². The highest BCUT2D eigenvalue weighted by Crippen LogP contribution is 2.35. The summed E-state index contributed by atoms with van der Waals surface area (Å²) in [5.41, 5.74) is 6.46. The Hall–Kier alpha value is -3.07. The Balaban J connectivity index is 1.96. The van der Waals surface area contributed by atoms with Gasteiger partial charge in [-0.15, -0.1) is 0 Å². The van der Waals surface area contributed by atoms with E-state index in [-0.39, 0.29) is 5.91 Å². The molecule has 1 N–H and O–H groups in total. The maximum atomic E-state index is 12.1. The largest absolute Gasteiger partial charge is 0.326 e. The van der Waals surface area contributed by atoms with Crippen molar-refractivity contribution in [2.75, 3.05) is 10.2 Å². The summed E-state index contributed by atoms with van der Waals surface area (Å²) < 4.78 is 0. The number of nitrogens with one attached hydrogen (secondary N) is 1. The Morgan fingerprint density at radius 1 is 0.821 bits per heavy atom. The van der Waals surface area contributed by atoms with E-state index in [4.69, 9.17) is 0 Å². The first-order valence-electron chi connectivity index (χ1n) is 9.90. The van der Waals surface area contributed by atoms with E-state index in [1.807, 2.05) is 18.2 Å². The van der Waals surface area contributed by atoms with Gasteiger partial charge >= 0.3 is 0 Å². The first-order valence-corrected chi connectivity index (χ1v) is 9.90. The molecule has 0 radical (unpaired) electrons. The Labute approximate surface area is 168 Å². The van der Waals surface area contributed by atoms with Gasteiger partial charge in [0.15, 0.2) is 0 Å². The van der Waals surface area contributed by atoms with E-state index in [0.717, 1.165) is 35.6 Å². The lowest BCUT2D eigenvalue weighted by molar-refractivity contribution is -0.116. The van der Waals surface area contributed by atoms with E-state index < -0.39 is 0 Å². The number of benzene rings is 3. The molecular weight excluding hydrogens is 344 g/mol. The van der Waals surface area contributed by atoms with Gasteiger partial charge in [-0.05, 0) is 62.7 Å². The van der Waals surface area contributed by atoms with Gasteiger partial charge in [-0.3, -0.25) is 4.79 Å². The Bertz CT molecular complexity index is 869. The van der Waals surface area contributed by atoms with Gasteiger partial charge in [-0.25, -0.2) is 0 Å². The summed E-state index contributed by atoms with van der Waals surface area (Å²) in [5, 5.41) is 3.03. The second kappa shape index (κ2) is 9.23. The van der Waals surface area contributed by atoms with Crippen molar-refractivity contribution in [2.24, 2.45) is 0 Å². The van der Waals surface area contributed by atoms with Crippen molar-refractivity contribution < 1.29 is 4.79 Å². The molecule has 0 saturated carbocycles. The molecule has 0 aromatic heterocycles. The van der Waals surface area contributed by atoms with Gasteiger partial charge in [0, 0.05) is 29.2 Å². The molecule has 0 aliphatic rings. The number of rotatable bonds is 7. The molecule has 0 atom stereocenters. The minimum Gasteiger partial charge on any atom is -0.326 e. The number of hydrogen-bond donors (Lipinski definition) is 1. The van der Waals surface area contributed by atoms with Crippen LogP contribution in [0, 0.1) is 13.8 Å². The lowest BCUT2D eigenvalue weighted by Gasteiger charge is -2.26. The fourth-order valence-corrected chi connectivity index (χ4v) is 3.12. The molecule has 1 amide bonds. The summed E-state index contributed by atoms with van der Waals surface area (Å²) in [5.74, 6) is 0.0659. The zero-order valence-electron chi connectivity index (χ0n) is 16.9. The Morgan fingerprint density at radius 2 is 1.39 bits per heavy atom. The summed E-state index contributed by atoms with van der Waals surface area (Å²) in [6, 6.07) is 25.0. The molecule has 0 saturated heterocycles. The van der Waals surface area contributed by atoms with E-state index in [0.29, 0.717) is 6.42 Å². The topological polar surface area (TPSA) is 32.3 Å². The van der Waals surface area contributed by atoms with Gasteiger partial charge < -0.3 is 10.2 Å². The highest BCUT2D eigenvalue weighted by atomic mass is 16.1. The van der Waals surface area contributed by atoms with Gasteiger partial charge in [0.05, 0.1) is 0 Å². The number of carbonyl (C=O) groups is 1. The van der Waals surface area contributed by atoms with Gasteiger partial charge in [0.2, 0.25) is 5.91 Å². The third kappa shape index (κ3) is 5.01. The molecule has 0 spiro atoms. The van der Waals surface area contributed by atoms with E-state index >= 15 is 0 Å². The third-order valence-corrected chi connectivity index (χ3v) is 4.73. The Morgan fingerprint density at radius 3 is 1.93 bits per heavy atom. The van der Waals surface area contributed by atoms with E-state index in [2.05, 4.69) is 85.6 Å². The lowest BCUT2D eigenvalue weighted by Crippen LogP contribution is -2.13. The number of amides is 1. The molecule has 0 aliphatic carbocycles. The average molecular weight is 373 g/mol. The number of unbranched alkanes of at least 4 members (excludes halogenated alkanes) is 1. The molecule has 3 rings (SSSR count). The van der Waals surface area contributed by atoms with Crippen molar-refractivity contribution in [3.8, 4) is 0 Å². The van der Waals surface area contributed by atoms with E-state index in [1.54, 1.807) is 0 Å². The van der Waals surface area contributed by atoms with Crippen molar-refractivity contribution >= 4 is 28.7 Å². The molecular formula is C25H28N2O. The average Bonchev–Trinajstić information content (AvgIpc) is 2.70. The van der Waals surface area contributed by atoms with Crippen molar-refractivity contribution in [1.82, 2.24) is 0 Å². The number of anilines is 4. The SMILES string of the molecule is CCCCC(=O)Nc1cccc(N(c2ccc(C)cc2)c2ccc(C)cc2)c1. The lowest BCUT2D eigenvalue weighted by atomic mass is 10.1. The van der Waals surface area contributed by atoms with Gasteiger partial charge in [0.1, 0.15) is 0 Å². The summed E-state index contributed by atoms with van der Waals surface area (Å²) >= 11 is 0. The third-order valence-electron chi connectivity index (χ3n) is 4.73. The van der Waals surface area contributed by atoms with Crippen LogP contribution >= 0.6 is 0 Å². The van der Waals surface area contributed by atoms with Gasteiger partial charge in [-0.2, -0.15) is 0 Å². The standard InChI is InChI=1S/C25H28N2O/c1-4-5-9-25(28)26-21-7-6-8-24(18-21)27(22-14-10-19(2)11-15-22)23-16-12-20(3)13-17-23/h6-8,10-18H,4-5,9H2,1-3H3,(H,26,28). The predicted molar refractivity (Wildman–Crippen MR) is 119 cm³/mol. The Kier molecular flexibility index (Phi) is 6.49. The number of nitrogens with zero attached hydrogens (tertiary/aromatic N) is 1. The highest BCUT2D eigenvalue weighted by molar-refractivity contribution is 5.91. The van der Waals surface area contributed by atoms with Crippen LogP contribution in [0.1, 0.15) is 37.3 Å². The molecule has 0 aliphatic heterocycles. The van der Waals surface area contributed by atoms with Crippen LogP contribution in [0.3, 0.4) is 0 Å². The summed E-state index contributed by atoms with van der Waals surface area (Å²) in [6.45, 7) is 6.27. The van der Waals surface area contributed by atoms with Crippen LogP contribution in [0.15, 0.2) is 72.8 Å². The molecule has 3 aromatic carbocycles. The fourth-order valence-electron chi connectivity index (χ4n) is 3.12. The van der Waals surface area contributed by atoms with E-state index in [9.17, 15) is 4.79 Å². The maximum absolute atomic E-state index is 12.1. The van der Waals surface area contributed by atoms with Crippen LogP contribution in [0.4, 0.5) is 22.7 Å². The molecule has 28 heavy (non-hydrogen) atoms. The van der Waals surface area contributed by atoms with Crippen molar-refractivity contribution in [1.29, 1.82) is 0 Å². The van der Waals surface area contributed by atoms with Gasteiger partial charge in [-0.1, -0.05) is 54.8 Å². The monoisotopic (exact) mass is 372 g/mol. The van der Waals surface area contributed by atoms with Crippen LogP contribution in [-0.2, 0) is 4.79 Å². The van der Waals surface area contributed by atoms with Crippen LogP contribution in [0.25, 0.3) is 0 Å². The van der Waals surface area contributed by atoms with Crippen molar-refractivity contribution in [3.63, 3.8) is 0 Å². The number of aryl methyl sites for hydroxylation is 2. The fraction of sp³-hybridized carbons (Fsp3) is 0.240. The van der Waals surface area contributed by atoms with Crippen LogP contribution in [0.5, 0.6) is 0 Å². The maximum Gasteiger partial charge on any atom is 0.224 e. The first kappa shape index (κ1) is 19.7. The smallest absolute Gasteiger partial charge is 0.224 e. The molecule has 0 heterocycles. The van der Waals surface area contributed by atoms with Crippen molar-refractivity contribution in [2.45, 2.75) is 40.0 Å². The second-order valence-corrected chi connectivity index (χ2v) is 7.21. The molecule has 3 nitrogen and oxygen atoms in total. The zero-order valence-corrected chi connectivity index (χ0v) is 16.9. The summed E-state index contributed by atoms with van der Waals surface area (Å²) in [6.07, 6.45) is 2.48. The molecule has 0 bridgehead atoms. The molecule has 0 fully saturated rings. The molecule has 144 valence electrons. The molecule has 3 aromatic rings. The number of carbonyl (C=O) groups excluding carboxylic acids is 1. The van der Waals surface area contributed by atoms with E-state index in [1.165, 1.54) is 11.1 Å². The van der Waals surface area contributed by atoms with Gasteiger partial charge in [0.25, 0.3) is 0 Å².